The van der Waals surface area contributed by atoms with Gasteiger partial charge in [0.1, 0.15) is 0 Å². The Morgan fingerprint density at radius 3 is 1.08 bits per heavy atom. The molecule has 0 saturated carbocycles. The molecular weight excluding hydrogens is 895 g/mol. The van der Waals surface area contributed by atoms with Gasteiger partial charge in [0.2, 0.25) is 0 Å². The first-order valence-electron chi connectivity index (χ1n) is 25.5. The van der Waals surface area contributed by atoms with Crippen LogP contribution in [0.5, 0.6) is 0 Å². The molecule has 1 aliphatic rings. The lowest BCUT2D eigenvalue weighted by atomic mass is 9.81. The van der Waals surface area contributed by atoms with Crippen molar-refractivity contribution in [2.45, 2.75) is 19.3 Å². The van der Waals surface area contributed by atoms with Crippen molar-refractivity contribution < 1.29 is 0 Å². The third kappa shape index (κ3) is 7.78. The Morgan fingerprint density at radius 2 is 0.635 bits per heavy atom. The van der Waals surface area contributed by atoms with Gasteiger partial charge in [0.25, 0.3) is 0 Å². The zero-order chi connectivity index (χ0) is 49.8. The van der Waals surface area contributed by atoms with Crippen molar-refractivity contribution in [1.82, 2.24) is 0 Å². The molecule has 352 valence electrons. The largest absolute Gasteiger partial charge is 0.399 e. The summed E-state index contributed by atoms with van der Waals surface area (Å²) in [6, 6.07) is 99.5. The van der Waals surface area contributed by atoms with E-state index in [-0.39, 0.29) is 5.41 Å². The normalized spacial score (nSPS) is 12.4. The summed E-state index contributed by atoms with van der Waals surface area (Å²) < 4.78 is 0. The number of rotatable bonds is 10. The SMILES string of the molecule is CC1(C)c2cc(N)ccc2-c2cc3c(N(c4ccc(-c5ccccc5)cc4)c4cccc(-c5ccccc5)c4)c4ccccc4c(N(c4ccc(-c5ccccc5)cc4)c4cccc(-c5ccccc5)c4)c3cc21. The monoisotopic (exact) mass is 947 g/mol. The van der Waals surface area contributed by atoms with E-state index in [4.69, 9.17) is 5.73 Å². The second kappa shape index (κ2) is 18.3. The lowest BCUT2D eigenvalue weighted by molar-refractivity contribution is 0.661. The molecule has 0 radical (unpaired) electrons. The summed E-state index contributed by atoms with van der Waals surface area (Å²) in [5, 5.41) is 4.55. The van der Waals surface area contributed by atoms with E-state index in [9.17, 15) is 0 Å². The quantitative estimate of drug-likeness (QED) is 0.0842. The first-order valence-corrected chi connectivity index (χ1v) is 25.5. The Kier molecular flexibility index (Phi) is 11.0. The van der Waals surface area contributed by atoms with Gasteiger partial charge in [0, 0.05) is 55.4 Å². The fraction of sp³-hybridized carbons (Fsp3) is 0.0423. The number of nitrogens with two attached hydrogens (primary N) is 1. The van der Waals surface area contributed by atoms with Gasteiger partial charge in [-0.25, -0.2) is 0 Å². The topological polar surface area (TPSA) is 32.5 Å². The predicted octanol–water partition coefficient (Wildman–Crippen LogP) is 19.5. The van der Waals surface area contributed by atoms with E-state index >= 15 is 0 Å². The summed E-state index contributed by atoms with van der Waals surface area (Å²) in [5.41, 5.74) is 27.8. The maximum Gasteiger partial charge on any atom is 0.0620 e. The summed E-state index contributed by atoms with van der Waals surface area (Å²) in [4.78, 5) is 5.01. The minimum Gasteiger partial charge on any atom is -0.399 e. The average molecular weight is 948 g/mol. The van der Waals surface area contributed by atoms with Crippen LogP contribution in [0.15, 0.2) is 273 Å². The second-order valence-electron chi connectivity index (χ2n) is 19.9. The van der Waals surface area contributed by atoms with E-state index in [1.54, 1.807) is 0 Å². The second-order valence-corrected chi connectivity index (χ2v) is 19.9. The summed E-state index contributed by atoms with van der Waals surface area (Å²) in [6.45, 7) is 4.70. The van der Waals surface area contributed by atoms with Gasteiger partial charge in [0.05, 0.1) is 11.4 Å². The Bertz CT molecular complexity index is 4020. The fourth-order valence-corrected chi connectivity index (χ4v) is 11.5. The number of hydrogen-bond acceptors (Lipinski definition) is 3. The molecule has 74 heavy (non-hydrogen) atoms. The number of nitrogen functional groups attached to an aromatic ring is 1. The molecule has 0 fully saturated rings. The molecule has 0 amide bonds. The molecule has 0 spiro atoms. The molecule has 3 nitrogen and oxygen atoms in total. The van der Waals surface area contributed by atoms with Crippen molar-refractivity contribution in [3.05, 3.63) is 284 Å². The van der Waals surface area contributed by atoms with Crippen LogP contribution < -0.4 is 15.5 Å². The van der Waals surface area contributed by atoms with Crippen molar-refractivity contribution in [3.8, 4) is 55.6 Å². The van der Waals surface area contributed by atoms with Gasteiger partial charge >= 0.3 is 0 Å². The molecule has 1 aliphatic carbocycles. The van der Waals surface area contributed by atoms with Crippen LogP contribution in [0.2, 0.25) is 0 Å². The zero-order valence-electron chi connectivity index (χ0n) is 41.5. The van der Waals surface area contributed by atoms with Gasteiger partial charge in [-0.1, -0.05) is 214 Å². The highest BCUT2D eigenvalue weighted by Crippen LogP contribution is 2.57. The number of anilines is 7. The highest BCUT2D eigenvalue weighted by Gasteiger charge is 2.37. The molecule has 0 saturated heterocycles. The summed E-state index contributed by atoms with van der Waals surface area (Å²) in [5.74, 6) is 0. The maximum absolute atomic E-state index is 6.63. The minimum atomic E-state index is -0.330. The summed E-state index contributed by atoms with van der Waals surface area (Å²) >= 11 is 0. The lowest BCUT2D eigenvalue weighted by Gasteiger charge is -2.34. The molecule has 0 unspecified atom stereocenters. The molecule has 13 rings (SSSR count). The third-order valence-electron chi connectivity index (χ3n) is 15.1. The van der Waals surface area contributed by atoms with E-state index in [1.165, 1.54) is 55.6 Å². The third-order valence-corrected chi connectivity index (χ3v) is 15.1. The van der Waals surface area contributed by atoms with Gasteiger partial charge in [-0.05, 0) is 140 Å². The van der Waals surface area contributed by atoms with Crippen LogP contribution in [0.4, 0.5) is 39.8 Å². The number of hydrogen-bond donors (Lipinski definition) is 1. The van der Waals surface area contributed by atoms with Gasteiger partial charge in [-0.15, -0.1) is 0 Å². The first kappa shape index (κ1) is 44.5. The zero-order valence-corrected chi connectivity index (χ0v) is 41.5. The number of nitrogens with zero attached hydrogens (tertiary/aromatic N) is 2. The molecule has 12 aromatic carbocycles. The fourth-order valence-electron chi connectivity index (χ4n) is 11.5. The summed E-state index contributed by atoms with van der Waals surface area (Å²) in [7, 11) is 0. The highest BCUT2D eigenvalue weighted by molar-refractivity contribution is 6.24. The Morgan fingerprint density at radius 1 is 0.270 bits per heavy atom. The van der Waals surface area contributed by atoms with Crippen LogP contribution in [0.3, 0.4) is 0 Å². The van der Waals surface area contributed by atoms with Crippen LogP contribution >= 0.6 is 0 Å². The van der Waals surface area contributed by atoms with Gasteiger partial charge in [0.15, 0.2) is 0 Å². The molecule has 0 atom stereocenters. The van der Waals surface area contributed by atoms with Crippen molar-refractivity contribution in [3.63, 3.8) is 0 Å². The Hall–Kier alpha value is -9.44. The highest BCUT2D eigenvalue weighted by atomic mass is 15.2. The van der Waals surface area contributed by atoms with E-state index in [2.05, 4.69) is 297 Å². The maximum atomic E-state index is 6.63. The number of benzene rings is 12. The van der Waals surface area contributed by atoms with Crippen LogP contribution in [0, 0.1) is 0 Å². The van der Waals surface area contributed by atoms with Crippen LogP contribution in [0.1, 0.15) is 25.0 Å². The Labute approximate surface area is 433 Å². The molecule has 0 bridgehead atoms. The molecule has 2 N–H and O–H groups in total. The van der Waals surface area contributed by atoms with Gasteiger partial charge < -0.3 is 15.5 Å². The van der Waals surface area contributed by atoms with Crippen LogP contribution in [0.25, 0.3) is 77.2 Å². The van der Waals surface area contributed by atoms with Gasteiger partial charge in [-0.2, -0.15) is 0 Å². The van der Waals surface area contributed by atoms with Crippen molar-refractivity contribution >= 4 is 61.4 Å². The smallest absolute Gasteiger partial charge is 0.0620 e. The van der Waals surface area contributed by atoms with Crippen molar-refractivity contribution in [2.75, 3.05) is 15.5 Å². The first-order chi connectivity index (χ1) is 36.4. The van der Waals surface area contributed by atoms with Crippen LogP contribution in [-0.2, 0) is 5.41 Å². The Balaban J connectivity index is 1.14. The van der Waals surface area contributed by atoms with Crippen molar-refractivity contribution in [1.29, 1.82) is 0 Å². The predicted molar refractivity (Wildman–Crippen MR) is 315 cm³/mol. The van der Waals surface area contributed by atoms with Crippen molar-refractivity contribution in [2.24, 2.45) is 0 Å². The standard InChI is InChI=1S/C71H53N3/c1-71(2)67-45-56(72)37-42-61(67)64-46-65-66(47-68(64)71)70(74(58-40-35-53(36-41-58)49-21-9-4-10-22-49)60-30-18-28-55(44-60)51-25-13-6-14-26-51)63-32-16-15-31-62(63)69(65)73(57-38-33-52(34-39-57)48-19-7-3-8-20-48)59-29-17-27-54(43-59)50-23-11-5-12-24-50/h3-47H,72H2,1-2H3. The summed E-state index contributed by atoms with van der Waals surface area (Å²) in [6.07, 6.45) is 0. The molecule has 3 heteroatoms. The minimum absolute atomic E-state index is 0.330. The van der Waals surface area contributed by atoms with Crippen LogP contribution in [-0.4, -0.2) is 0 Å². The molecule has 12 aromatic rings. The average Bonchev–Trinajstić information content (AvgIpc) is 3.74. The van der Waals surface area contributed by atoms with E-state index < -0.39 is 0 Å². The molecule has 0 heterocycles. The molecule has 0 aliphatic heterocycles. The molecule has 0 aromatic heterocycles. The van der Waals surface area contributed by atoms with Gasteiger partial charge in [-0.3, -0.25) is 0 Å². The molecular formula is C71H53N3. The lowest BCUT2D eigenvalue weighted by Crippen LogP contribution is -2.17. The van der Waals surface area contributed by atoms with E-state index in [0.717, 1.165) is 72.5 Å². The number of fused-ring (bicyclic) bond motifs is 5. The van der Waals surface area contributed by atoms with E-state index in [0.29, 0.717) is 0 Å². The van der Waals surface area contributed by atoms with E-state index in [1.807, 2.05) is 0 Å².